The third-order valence-corrected chi connectivity index (χ3v) is 5.06. The Labute approximate surface area is 181 Å². The third-order valence-electron chi connectivity index (χ3n) is 5.06. The first-order chi connectivity index (χ1) is 14.9. The monoisotopic (exact) mass is 427 g/mol. The molecule has 0 bridgehead atoms. The number of tetrazole rings is 1. The van der Waals surface area contributed by atoms with E-state index in [1.54, 1.807) is 7.05 Å². The van der Waals surface area contributed by atoms with Crippen molar-refractivity contribution in [3.63, 3.8) is 0 Å². The molecule has 0 N–H and O–H groups in total. The van der Waals surface area contributed by atoms with Crippen LogP contribution in [-0.4, -0.2) is 43.7 Å². The highest BCUT2D eigenvalue weighted by atomic mass is 16.6. The van der Waals surface area contributed by atoms with Crippen molar-refractivity contribution in [1.29, 1.82) is 0 Å². The van der Waals surface area contributed by atoms with Crippen LogP contribution < -0.4 is 5.69 Å². The Bertz CT molecular complexity index is 1060. The maximum atomic E-state index is 12.3. The second-order valence-electron chi connectivity index (χ2n) is 7.61. The van der Waals surface area contributed by atoms with Crippen LogP contribution in [-0.2, 0) is 23.2 Å². The number of nitrogens with zero attached hydrogens (tertiary/aromatic N) is 7. The van der Waals surface area contributed by atoms with Crippen LogP contribution in [0.5, 0.6) is 0 Å². The first kappa shape index (κ1) is 22.4. The fraction of sp³-hybridized carbons (Fsp3) is 0.524. The largest absolute Gasteiger partial charge is 0.475 e. The Morgan fingerprint density at radius 2 is 1.97 bits per heavy atom. The summed E-state index contributed by atoms with van der Waals surface area (Å²) in [4.78, 5) is 17.6. The Hall–Kier alpha value is -3.30. The van der Waals surface area contributed by atoms with E-state index < -0.39 is 0 Å². The molecule has 1 fully saturated rings. The summed E-state index contributed by atoms with van der Waals surface area (Å²) in [6.07, 6.45) is 3.01. The van der Waals surface area contributed by atoms with Crippen LogP contribution in [0.15, 0.2) is 38.4 Å². The molecule has 1 heterocycles. The summed E-state index contributed by atoms with van der Waals surface area (Å²) in [7, 11) is 1.56. The Balaban J connectivity index is 1.71. The molecule has 3 rings (SSSR count). The van der Waals surface area contributed by atoms with Gasteiger partial charge in [0.2, 0.25) is 5.90 Å². The third kappa shape index (κ3) is 5.87. The second kappa shape index (κ2) is 10.1. The summed E-state index contributed by atoms with van der Waals surface area (Å²) in [5.74, 6) is 1.13. The lowest BCUT2D eigenvalue weighted by atomic mass is 10.1. The summed E-state index contributed by atoms with van der Waals surface area (Å²) in [5.41, 5.74) is 3.45. The van der Waals surface area contributed by atoms with E-state index in [1.165, 1.54) is 22.2 Å². The van der Waals surface area contributed by atoms with Crippen LogP contribution >= 0.6 is 0 Å². The molecular weight excluding hydrogens is 398 g/mol. The first-order valence-electron chi connectivity index (χ1n) is 10.4. The van der Waals surface area contributed by atoms with Gasteiger partial charge in [0.25, 0.3) is 0 Å². The number of hydrogen-bond donors (Lipinski definition) is 0. The van der Waals surface area contributed by atoms with E-state index in [0.717, 1.165) is 11.1 Å². The highest BCUT2D eigenvalue weighted by Crippen LogP contribution is 2.28. The van der Waals surface area contributed by atoms with Gasteiger partial charge in [0.15, 0.2) is 0 Å². The minimum atomic E-state index is -0.324. The molecule has 0 amide bonds. The SMILES string of the molecule is CC/C(=N/N=C(C)\C(C)=N/OCC1CC1)OCc1c(C)cccc1-n1nnn(C)c1=O. The zero-order valence-electron chi connectivity index (χ0n) is 18.7. The van der Waals surface area contributed by atoms with Crippen molar-refractivity contribution in [1.82, 2.24) is 19.8 Å². The molecule has 0 radical (unpaired) electrons. The Kier molecular flexibility index (Phi) is 7.32. The van der Waals surface area contributed by atoms with Crippen molar-refractivity contribution < 1.29 is 9.57 Å². The lowest BCUT2D eigenvalue weighted by molar-refractivity contribution is 0.134. The van der Waals surface area contributed by atoms with Crippen molar-refractivity contribution in [2.75, 3.05) is 6.61 Å². The van der Waals surface area contributed by atoms with Crippen molar-refractivity contribution in [3.05, 3.63) is 39.8 Å². The number of benzene rings is 1. The number of oxime groups is 1. The van der Waals surface area contributed by atoms with Gasteiger partial charge in [0.1, 0.15) is 13.2 Å². The van der Waals surface area contributed by atoms with E-state index in [0.29, 0.717) is 42.0 Å². The van der Waals surface area contributed by atoms with Crippen LogP contribution in [0.4, 0.5) is 0 Å². The molecule has 1 aromatic heterocycles. The number of aromatic nitrogens is 4. The van der Waals surface area contributed by atoms with Crippen LogP contribution in [0.3, 0.4) is 0 Å². The van der Waals surface area contributed by atoms with E-state index in [9.17, 15) is 4.79 Å². The van der Waals surface area contributed by atoms with Crippen molar-refractivity contribution >= 4 is 17.3 Å². The van der Waals surface area contributed by atoms with E-state index in [1.807, 2.05) is 45.9 Å². The maximum Gasteiger partial charge on any atom is 0.368 e. The van der Waals surface area contributed by atoms with Gasteiger partial charge in [-0.25, -0.2) is 4.79 Å². The fourth-order valence-electron chi connectivity index (χ4n) is 2.69. The highest BCUT2D eigenvalue weighted by molar-refractivity contribution is 6.40. The molecule has 166 valence electrons. The summed E-state index contributed by atoms with van der Waals surface area (Å²) in [5, 5.41) is 20.3. The maximum absolute atomic E-state index is 12.3. The van der Waals surface area contributed by atoms with E-state index in [4.69, 9.17) is 9.57 Å². The molecule has 1 aliphatic rings. The van der Waals surface area contributed by atoms with Gasteiger partial charge in [-0.1, -0.05) is 24.2 Å². The molecule has 1 saturated carbocycles. The standard InChI is InChI=1S/C21H29N7O3/c1-6-20(23-22-15(3)16(4)24-31-12-17-10-11-17)30-13-18-14(2)8-7-9-19(18)28-21(29)27(5)25-26-28/h7-9,17H,6,10-13H2,1-5H3/b22-15-,23-20-,24-16-. The van der Waals surface area contributed by atoms with Crippen LogP contribution in [0.1, 0.15) is 51.2 Å². The molecule has 10 heteroatoms. The molecule has 0 spiro atoms. The lowest BCUT2D eigenvalue weighted by Crippen LogP contribution is -2.23. The molecule has 0 atom stereocenters. The molecule has 2 aromatic rings. The summed E-state index contributed by atoms with van der Waals surface area (Å²) >= 11 is 0. The molecule has 31 heavy (non-hydrogen) atoms. The average Bonchev–Trinajstić information content (AvgIpc) is 3.52. The minimum absolute atomic E-state index is 0.226. The fourth-order valence-corrected chi connectivity index (χ4v) is 2.69. The molecule has 1 aliphatic carbocycles. The quantitative estimate of drug-likeness (QED) is 0.347. The van der Waals surface area contributed by atoms with E-state index in [2.05, 4.69) is 25.8 Å². The normalized spacial score (nSPS) is 15.3. The molecule has 0 saturated heterocycles. The Morgan fingerprint density at radius 1 is 1.19 bits per heavy atom. The lowest BCUT2D eigenvalue weighted by Gasteiger charge is -2.13. The van der Waals surface area contributed by atoms with Crippen LogP contribution in [0.25, 0.3) is 5.69 Å². The summed E-state index contributed by atoms with van der Waals surface area (Å²) in [6, 6.07) is 5.63. The summed E-state index contributed by atoms with van der Waals surface area (Å²) < 4.78 is 8.36. The number of hydrogen-bond acceptors (Lipinski definition) is 8. The van der Waals surface area contributed by atoms with Crippen molar-refractivity contribution in [3.8, 4) is 5.69 Å². The highest BCUT2D eigenvalue weighted by Gasteiger charge is 2.22. The number of aryl methyl sites for hydroxylation is 2. The molecule has 0 aliphatic heterocycles. The van der Waals surface area contributed by atoms with Crippen LogP contribution in [0, 0.1) is 12.8 Å². The van der Waals surface area contributed by atoms with E-state index in [-0.39, 0.29) is 12.3 Å². The number of rotatable bonds is 9. The van der Waals surface area contributed by atoms with Gasteiger partial charge in [0.05, 0.1) is 17.1 Å². The van der Waals surface area contributed by atoms with Gasteiger partial charge in [-0.05, 0) is 61.6 Å². The predicted molar refractivity (Wildman–Crippen MR) is 119 cm³/mol. The molecule has 1 aromatic carbocycles. The Morgan fingerprint density at radius 3 is 2.61 bits per heavy atom. The zero-order valence-corrected chi connectivity index (χ0v) is 18.7. The van der Waals surface area contributed by atoms with Gasteiger partial charge < -0.3 is 9.57 Å². The van der Waals surface area contributed by atoms with Gasteiger partial charge in [-0.3, -0.25) is 0 Å². The van der Waals surface area contributed by atoms with Crippen molar-refractivity contribution in [2.45, 2.75) is 53.6 Å². The minimum Gasteiger partial charge on any atom is -0.475 e. The zero-order chi connectivity index (χ0) is 22.4. The van der Waals surface area contributed by atoms with Crippen LogP contribution in [0.2, 0.25) is 0 Å². The molecule has 0 unspecified atom stereocenters. The van der Waals surface area contributed by atoms with Gasteiger partial charge in [-0.15, -0.1) is 5.10 Å². The first-order valence-corrected chi connectivity index (χ1v) is 10.4. The second-order valence-corrected chi connectivity index (χ2v) is 7.61. The van der Waals surface area contributed by atoms with Gasteiger partial charge in [-0.2, -0.15) is 14.5 Å². The predicted octanol–water partition coefficient (Wildman–Crippen LogP) is 2.78. The molecular formula is C21H29N7O3. The molecule has 10 nitrogen and oxygen atoms in total. The number of ether oxygens (including phenoxy) is 1. The smallest absolute Gasteiger partial charge is 0.368 e. The van der Waals surface area contributed by atoms with E-state index >= 15 is 0 Å². The van der Waals surface area contributed by atoms with Crippen molar-refractivity contribution in [2.24, 2.45) is 28.3 Å². The van der Waals surface area contributed by atoms with Gasteiger partial charge >= 0.3 is 5.69 Å². The van der Waals surface area contributed by atoms with Gasteiger partial charge in [0, 0.05) is 19.0 Å². The topological polar surface area (TPSA) is 108 Å². The summed E-state index contributed by atoms with van der Waals surface area (Å²) in [6.45, 7) is 8.45. The average molecular weight is 428 g/mol.